The smallest absolute Gasteiger partial charge is 0.528 e. The summed E-state index contributed by atoms with van der Waals surface area (Å²) in [4.78, 5) is 3.91. The molecule has 0 aliphatic carbocycles. The normalized spacial score (nSPS) is 12.2. The van der Waals surface area contributed by atoms with Crippen molar-refractivity contribution in [1.29, 1.82) is 0 Å². The second-order valence-electron chi connectivity index (χ2n) is 26.8. The van der Waals surface area contributed by atoms with Crippen LogP contribution >= 0.6 is 43.8 Å². The molecule has 0 bridgehead atoms. The molecule has 0 spiro atoms. The van der Waals surface area contributed by atoms with Gasteiger partial charge in [-0.1, -0.05) is 0 Å². The quantitative estimate of drug-likeness (QED) is 0.0296. The van der Waals surface area contributed by atoms with E-state index >= 15 is 105 Å². The fraction of sp³-hybridized carbons (Fsp3) is 0. The van der Waals surface area contributed by atoms with Gasteiger partial charge in [0.2, 0.25) is 84.4 Å². The van der Waals surface area contributed by atoms with Crippen LogP contribution < -0.4 is 68.5 Å². The third-order valence-electron chi connectivity index (χ3n) is 18.7. The van der Waals surface area contributed by atoms with Crippen LogP contribution in [0.1, 0.15) is 0 Å². The summed E-state index contributed by atoms with van der Waals surface area (Å²) in [5.74, 6) is -210. The number of nitrogens with zero attached hydrogens (tertiary/aromatic N) is 2. The molecular weight excluding hydrogens is 2390 g/mol. The van der Waals surface area contributed by atoms with Gasteiger partial charge < -0.3 is 28.0 Å². The third-order valence-corrected chi connectivity index (χ3v) is 37.1. The fourth-order valence-electron chi connectivity index (χ4n) is 12.1. The van der Waals surface area contributed by atoms with Crippen LogP contribution in [-0.4, -0.2) is 0 Å². The van der Waals surface area contributed by atoms with Crippen molar-refractivity contribution < 1.29 is 310 Å². The van der Waals surface area contributed by atoms with Gasteiger partial charge >= 0.3 is 19.5 Å². The predicted molar refractivity (Wildman–Crippen MR) is 366 cm³/mol. The topological polar surface area (TPSA) is 143 Å². The first kappa shape index (κ1) is 120. The number of rotatable bonds is 18. The first-order valence-electron chi connectivity index (χ1n) is 34.4. The molecule has 0 saturated carbocycles. The van der Waals surface area contributed by atoms with E-state index in [0.717, 1.165) is 0 Å². The molecule has 0 radical (unpaired) electrons. The van der Waals surface area contributed by atoms with E-state index in [2.05, 4.69) is 0 Å². The van der Waals surface area contributed by atoms with Crippen molar-refractivity contribution in [2.45, 2.75) is 0 Å². The third kappa shape index (κ3) is 17.8. The van der Waals surface area contributed by atoms with E-state index < -0.39 is 456 Å². The van der Waals surface area contributed by atoms with Gasteiger partial charge in [-0.15, -0.1) is 0 Å². The van der Waals surface area contributed by atoms with Gasteiger partial charge in [-0.05, 0) is 0 Å². The molecule has 0 saturated heterocycles. The summed E-state index contributed by atoms with van der Waals surface area (Å²) >= 11 is 0. The summed E-state index contributed by atoms with van der Waals surface area (Å²) in [7, 11) is -48.4. The van der Waals surface area contributed by atoms with Crippen molar-refractivity contribution >= 4 is 107 Å². The summed E-state index contributed by atoms with van der Waals surface area (Å²) in [6.45, 7) is 0. The van der Waals surface area contributed by atoms with Crippen LogP contribution in [0.4, 0.5) is 263 Å². The van der Waals surface area contributed by atoms with E-state index in [1.165, 1.54) is 0 Å². The summed E-state index contributed by atoms with van der Waals surface area (Å²) in [6, 6.07) is 0. The van der Waals surface area contributed by atoms with Crippen LogP contribution in [0.5, 0.6) is 0 Å². The number of halogens is 60. The molecule has 792 valence electrons. The van der Waals surface area contributed by atoms with Gasteiger partial charge in [-0.3, -0.25) is 9.13 Å². The molecule has 0 aromatic heterocycles. The van der Waals surface area contributed by atoms with Crippen LogP contribution in [0.25, 0.3) is 9.72 Å². The predicted octanol–water partition coefficient (Wildman–Crippen LogP) is 23.2. The molecule has 0 fully saturated rings. The maximum atomic E-state index is 15.0. The molecular formula is C72HF60N3O6P6Zn. The Kier molecular flexibility index (Phi) is 33.4. The van der Waals surface area contributed by atoms with Crippen LogP contribution in [0, 0.1) is 349 Å². The zero-order valence-electron chi connectivity index (χ0n) is 65.9. The largest absolute Gasteiger partial charge is 2.00 e. The number of benzene rings is 12. The molecule has 148 heavy (non-hydrogen) atoms. The minimum Gasteiger partial charge on any atom is -0.528 e. The SMILES string of the molecule is O=P(NP(=O)(c1c(F)c(F)c(F)c(F)c1F)c1c(F)c(F)c(F)c(F)c1F)(c1c(F)c(F)c(F)c(F)c1F)c1c(F)c(F)c(F)c(F)c1F.O=P([N-]P(=O)(c1c(F)c(F)c(F)c(F)c1F)c1c(F)c(F)c(F)c(F)c1F)(c1c(F)c(F)c(F)c(F)c1F)c1c(F)c(F)c(F)c(F)c1F.O=P([N-]P(=O)(c1c(F)c(F)c(F)c(F)c1F)c1c(F)c(F)c(F)c(F)c1F)(c1c(F)c(F)c(F)c(F)c1F)c1c(F)c(F)c(F)c(F)c1F.[Zn+2]. The van der Waals surface area contributed by atoms with E-state index in [9.17, 15) is 185 Å². The number of nitrogens with one attached hydrogen (secondary N) is 1. The zero-order chi connectivity index (χ0) is 113. The van der Waals surface area contributed by atoms with Gasteiger partial charge in [0, 0.05) is 0 Å². The molecule has 0 aliphatic rings. The van der Waals surface area contributed by atoms with E-state index in [4.69, 9.17) is 0 Å². The number of hydrogen-bond acceptors (Lipinski definition) is 6. The summed E-state index contributed by atoms with van der Waals surface area (Å²) in [5.41, 5.74) is 0. The van der Waals surface area contributed by atoms with E-state index in [1.54, 1.807) is 0 Å². The standard InChI is InChI=1S/C24HF20NO2P2.2C24F20NO2P2.Zn/c3*25-1-5(29)13(37)21(14(38)6(1)30)48(46,22-15(39)7(31)2(26)8(32)16(22)40)45-49(47,23-17(41)9(33)3(27)10(34)18(23)42)24-19(43)11(35)4(28)12(36)20(24)44;/h(H,45,46,47);;;/q;2*-1;+2. The number of hydrogen-bond donors (Lipinski definition) is 1. The molecule has 12 rings (SSSR count). The van der Waals surface area contributed by atoms with Crippen LogP contribution in [0.2, 0.25) is 0 Å². The van der Waals surface area contributed by atoms with Crippen molar-refractivity contribution in [2.75, 3.05) is 0 Å². The van der Waals surface area contributed by atoms with Gasteiger partial charge in [0.1, 0.15) is 21.2 Å². The Morgan fingerprint density at radius 3 is 0.223 bits per heavy atom. The Morgan fingerprint density at radius 2 is 0.155 bits per heavy atom. The molecule has 9 nitrogen and oxygen atoms in total. The second kappa shape index (κ2) is 41.2. The molecule has 12 aromatic carbocycles. The summed E-state index contributed by atoms with van der Waals surface area (Å²) < 4.78 is 952. The van der Waals surface area contributed by atoms with Gasteiger partial charge in [0.25, 0.3) is 0 Å². The van der Waals surface area contributed by atoms with E-state index in [0.29, 0.717) is 0 Å². The van der Waals surface area contributed by atoms with Crippen LogP contribution in [0.3, 0.4) is 0 Å². The van der Waals surface area contributed by atoms with Crippen LogP contribution in [0.15, 0.2) is 0 Å². The van der Waals surface area contributed by atoms with Gasteiger partial charge in [-0.25, -0.2) is 263 Å². The van der Waals surface area contributed by atoms with Crippen molar-refractivity contribution in [3.63, 3.8) is 0 Å². The maximum Gasteiger partial charge on any atom is 2.00 e. The van der Waals surface area contributed by atoms with Gasteiger partial charge in [0.05, 0.1) is 71.6 Å². The van der Waals surface area contributed by atoms with Crippen LogP contribution in [-0.2, 0) is 46.9 Å². The van der Waals surface area contributed by atoms with Gasteiger partial charge in [-0.2, -0.15) is 4.86 Å². The molecule has 0 atom stereocenters. The second-order valence-corrected chi connectivity index (χ2v) is 41.5. The van der Waals surface area contributed by atoms with E-state index in [1.807, 2.05) is 9.72 Å². The average molecular weight is 2390 g/mol. The Balaban J connectivity index is 0.000000246. The van der Waals surface area contributed by atoms with E-state index in [-0.39, 0.29) is 24.3 Å². The molecule has 0 heterocycles. The monoisotopic (exact) mass is 2390 g/mol. The first-order chi connectivity index (χ1) is 67.2. The Hall–Kier alpha value is -11.7. The molecule has 0 aliphatic heterocycles. The fourth-order valence-corrected chi connectivity index (χ4v) is 31.2. The summed E-state index contributed by atoms with van der Waals surface area (Å²) in [5, 5.41) is -42.1. The summed E-state index contributed by atoms with van der Waals surface area (Å²) in [6.07, 6.45) is 0. The van der Waals surface area contributed by atoms with Crippen molar-refractivity contribution in [3.05, 3.63) is 359 Å². The minimum absolute atomic E-state index is 0. The Morgan fingerprint density at radius 1 is 0.101 bits per heavy atom. The average Bonchev–Trinajstić information content (AvgIpc) is 0.707. The van der Waals surface area contributed by atoms with Gasteiger partial charge in [0.15, 0.2) is 279 Å². The molecule has 0 amide bonds. The Bertz CT molecular complexity index is 6220. The zero-order valence-corrected chi connectivity index (χ0v) is 74.2. The molecule has 1 N–H and O–H groups in total. The maximum absolute atomic E-state index is 15.0. The Labute approximate surface area is 779 Å². The first-order valence-corrected chi connectivity index (χ1v) is 44.4. The molecule has 76 heteroatoms. The minimum atomic E-state index is -8.11. The van der Waals surface area contributed by atoms with Crippen molar-refractivity contribution in [3.8, 4) is 0 Å². The molecule has 0 unspecified atom stereocenters. The van der Waals surface area contributed by atoms with Crippen molar-refractivity contribution in [2.24, 2.45) is 0 Å². The van der Waals surface area contributed by atoms with Crippen molar-refractivity contribution in [1.82, 2.24) is 4.86 Å². The molecule has 12 aromatic rings.